The first-order valence-electron chi connectivity index (χ1n) is 8.26. The van der Waals surface area contributed by atoms with Crippen molar-refractivity contribution in [2.24, 2.45) is 4.99 Å². The second-order valence-corrected chi connectivity index (χ2v) is 6.83. The predicted molar refractivity (Wildman–Crippen MR) is 108 cm³/mol. The molecule has 0 unspecified atom stereocenters. The number of rotatable bonds is 5. The largest absolute Gasteiger partial charge is 0.352 e. The smallest absolute Gasteiger partial charge is 0.193 e. The molecule has 7 heteroatoms. The summed E-state index contributed by atoms with van der Waals surface area (Å²) in [5.74, 6) is 1.61. The number of aromatic amines is 1. The molecule has 0 amide bonds. The Morgan fingerprint density at radius 3 is 2.69 bits per heavy atom. The summed E-state index contributed by atoms with van der Waals surface area (Å²) < 4.78 is 1.08. The van der Waals surface area contributed by atoms with Gasteiger partial charge in [-0.3, -0.25) is 10.1 Å². The lowest BCUT2D eigenvalue weighted by molar-refractivity contribution is 0.476. The fraction of sp³-hybridized carbons (Fsp3) is 0.211. The standard InChI is InChI=1S/C19H21BrN6/c1-21-19(26(2)12-14-6-8-17(20)9-7-14)22-11-15-4-3-5-16(10-15)18-23-13-24-25-18/h3-10,13H,11-12H2,1-2H3,(H,21,22)(H,23,24,25). The second kappa shape index (κ2) is 8.62. The number of aliphatic imine (C=N–C) groups is 1. The summed E-state index contributed by atoms with van der Waals surface area (Å²) in [6.07, 6.45) is 1.51. The molecule has 1 heterocycles. The van der Waals surface area contributed by atoms with Crippen LogP contribution in [-0.2, 0) is 13.1 Å². The molecule has 3 aromatic rings. The molecule has 1 aromatic heterocycles. The van der Waals surface area contributed by atoms with Crippen LogP contribution in [0.15, 0.2) is 64.3 Å². The number of benzene rings is 2. The van der Waals surface area contributed by atoms with Crippen molar-refractivity contribution in [1.82, 2.24) is 25.4 Å². The molecule has 134 valence electrons. The van der Waals surface area contributed by atoms with E-state index in [1.165, 1.54) is 11.9 Å². The van der Waals surface area contributed by atoms with Crippen molar-refractivity contribution in [3.05, 3.63) is 70.5 Å². The Bertz CT molecular complexity index is 858. The number of nitrogens with zero attached hydrogens (tertiary/aromatic N) is 4. The van der Waals surface area contributed by atoms with Crippen LogP contribution < -0.4 is 5.32 Å². The van der Waals surface area contributed by atoms with Crippen molar-refractivity contribution in [3.8, 4) is 11.4 Å². The lowest BCUT2D eigenvalue weighted by atomic mass is 10.1. The summed E-state index contributed by atoms with van der Waals surface area (Å²) in [6, 6.07) is 16.5. The summed E-state index contributed by atoms with van der Waals surface area (Å²) in [6.45, 7) is 1.46. The van der Waals surface area contributed by atoms with Gasteiger partial charge < -0.3 is 10.2 Å². The Labute approximate surface area is 161 Å². The van der Waals surface area contributed by atoms with Gasteiger partial charge in [0.1, 0.15) is 6.33 Å². The number of aromatic nitrogens is 3. The van der Waals surface area contributed by atoms with Crippen LogP contribution in [0.3, 0.4) is 0 Å². The zero-order valence-corrected chi connectivity index (χ0v) is 16.4. The molecule has 0 aliphatic heterocycles. The molecule has 0 bridgehead atoms. The Morgan fingerprint density at radius 1 is 1.19 bits per heavy atom. The quantitative estimate of drug-likeness (QED) is 0.497. The monoisotopic (exact) mass is 412 g/mol. The summed E-state index contributed by atoms with van der Waals surface area (Å²) >= 11 is 3.46. The number of hydrogen-bond donors (Lipinski definition) is 2. The molecule has 2 N–H and O–H groups in total. The molecule has 2 aromatic carbocycles. The van der Waals surface area contributed by atoms with E-state index in [-0.39, 0.29) is 0 Å². The molecule has 0 atom stereocenters. The summed E-state index contributed by atoms with van der Waals surface area (Å²) in [4.78, 5) is 10.7. The van der Waals surface area contributed by atoms with Gasteiger partial charge in [0, 0.05) is 37.2 Å². The summed E-state index contributed by atoms with van der Waals surface area (Å²) in [5.41, 5.74) is 3.39. The van der Waals surface area contributed by atoms with Crippen LogP contribution in [0.5, 0.6) is 0 Å². The highest BCUT2D eigenvalue weighted by atomic mass is 79.9. The van der Waals surface area contributed by atoms with Crippen LogP contribution >= 0.6 is 15.9 Å². The van der Waals surface area contributed by atoms with Crippen molar-refractivity contribution < 1.29 is 0 Å². The first kappa shape index (κ1) is 18.1. The third-order valence-electron chi connectivity index (χ3n) is 3.97. The number of hydrogen-bond acceptors (Lipinski definition) is 3. The Kier molecular flexibility index (Phi) is 6.01. The van der Waals surface area contributed by atoms with Gasteiger partial charge in [0.2, 0.25) is 0 Å². The van der Waals surface area contributed by atoms with E-state index in [9.17, 15) is 0 Å². The van der Waals surface area contributed by atoms with E-state index in [2.05, 4.69) is 70.6 Å². The van der Waals surface area contributed by atoms with E-state index in [1.807, 2.05) is 31.3 Å². The molecule has 0 saturated carbocycles. The second-order valence-electron chi connectivity index (χ2n) is 5.92. The number of guanidine groups is 1. The van der Waals surface area contributed by atoms with E-state index >= 15 is 0 Å². The first-order chi connectivity index (χ1) is 12.7. The highest BCUT2D eigenvalue weighted by Gasteiger charge is 2.08. The molecule has 26 heavy (non-hydrogen) atoms. The topological polar surface area (TPSA) is 69.2 Å². The molecular weight excluding hydrogens is 392 g/mol. The van der Waals surface area contributed by atoms with Crippen molar-refractivity contribution in [3.63, 3.8) is 0 Å². The van der Waals surface area contributed by atoms with Crippen LogP contribution in [0.2, 0.25) is 0 Å². The molecule has 0 radical (unpaired) electrons. The molecule has 0 spiro atoms. The van der Waals surface area contributed by atoms with Gasteiger partial charge in [-0.25, -0.2) is 4.98 Å². The number of halogens is 1. The lowest BCUT2D eigenvalue weighted by Crippen LogP contribution is -2.38. The van der Waals surface area contributed by atoms with Crippen molar-refractivity contribution in [2.75, 3.05) is 14.1 Å². The van der Waals surface area contributed by atoms with Gasteiger partial charge in [0.25, 0.3) is 0 Å². The fourth-order valence-corrected chi connectivity index (χ4v) is 2.94. The summed E-state index contributed by atoms with van der Waals surface area (Å²) in [7, 11) is 3.83. The molecule has 6 nitrogen and oxygen atoms in total. The van der Waals surface area contributed by atoms with Gasteiger partial charge in [-0.2, -0.15) is 5.10 Å². The molecular formula is C19H21BrN6. The van der Waals surface area contributed by atoms with E-state index in [0.717, 1.165) is 33.9 Å². The zero-order chi connectivity index (χ0) is 18.4. The van der Waals surface area contributed by atoms with Crippen LogP contribution in [0.25, 0.3) is 11.4 Å². The van der Waals surface area contributed by atoms with E-state index in [0.29, 0.717) is 6.54 Å². The van der Waals surface area contributed by atoms with Gasteiger partial charge in [-0.15, -0.1) is 0 Å². The maximum Gasteiger partial charge on any atom is 0.193 e. The van der Waals surface area contributed by atoms with Crippen LogP contribution in [0.1, 0.15) is 11.1 Å². The average Bonchev–Trinajstić information content (AvgIpc) is 3.19. The Morgan fingerprint density at radius 2 is 2.00 bits per heavy atom. The van der Waals surface area contributed by atoms with Gasteiger partial charge in [0.15, 0.2) is 11.8 Å². The third-order valence-corrected chi connectivity index (χ3v) is 4.50. The minimum absolute atomic E-state index is 0.680. The molecule has 0 saturated heterocycles. The fourth-order valence-electron chi connectivity index (χ4n) is 2.68. The van der Waals surface area contributed by atoms with Crippen molar-refractivity contribution in [1.29, 1.82) is 0 Å². The Hall–Kier alpha value is -2.67. The first-order valence-corrected chi connectivity index (χ1v) is 9.06. The van der Waals surface area contributed by atoms with E-state index in [4.69, 9.17) is 0 Å². The molecule has 0 aliphatic carbocycles. The number of H-pyrrole nitrogens is 1. The van der Waals surface area contributed by atoms with E-state index in [1.54, 1.807) is 7.05 Å². The predicted octanol–water partition coefficient (Wildman–Crippen LogP) is 3.44. The summed E-state index contributed by atoms with van der Waals surface area (Å²) in [5, 5.41) is 10.2. The van der Waals surface area contributed by atoms with Crippen LogP contribution in [-0.4, -0.2) is 40.1 Å². The Balaban J connectivity index is 1.62. The maximum atomic E-state index is 4.38. The highest BCUT2D eigenvalue weighted by Crippen LogP contribution is 2.15. The van der Waals surface area contributed by atoms with Gasteiger partial charge in [-0.1, -0.05) is 46.3 Å². The normalized spacial score (nSPS) is 11.4. The van der Waals surface area contributed by atoms with Gasteiger partial charge in [0.05, 0.1) is 0 Å². The van der Waals surface area contributed by atoms with Gasteiger partial charge in [-0.05, 0) is 29.3 Å². The van der Waals surface area contributed by atoms with E-state index < -0.39 is 0 Å². The van der Waals surface area contributed by atoms with Gasteiger partial charge >= 0.3 is 0 Å². The maximum absolute atomic E-state index is 4.38. The molecule has 0 aliphatic rings. The third kappa shape index (κ3) is 4.70. The van der Waals surface area contributed by atoms with Crippen molar-refractivity contribution in [2.45, 2.75) is 13.1 Å². The van der Waals surface area contributed by atoms with Crippen LogP contribution in [0, 0.1) is 0 Å². The average molecular weight is 413 g/mol. The SMILES string of the molecule is CN=C(NCc1cccc(-c2ncn[nH]2)c1)N(C)Cc1ccc(Br)cc1. The van der Waals surface area contributed by atoms with Crippen LogP contribution in [0.4, 0.5) is 0 Å². The zero-order valence-electron chi connectivity index (χ0n) is 14.8. The molecule has 3 rings (SSSR count). The highest BCUT2D eigenvalue weighted by molar-refractivity contribution is 9.10. The lowest BCUT2D eigenvalue weighted by Gasteiger charge is -2.22. The molecule has 0 fully saturated rings. The number of nitrogens with one attached hydrogen (secondary N) is 2. The minimum Gasteiger partial charge on any atom is -0.352 e. The van der Waals surface area contributed by atoms with Crippen molar-refractivity contribution >= 4 is 21.9 Å². The minimum atomic E-state index is 0.680.